The number of aryl methyl sites for hydroxylation is 1. The Balaban J connectivity index is 1.76. The maximum Gasteiger partial charge on any atom is 0.0940 e. The van der Waals surface area contributed by atoms with Crippen molar-refractivity contribution in [2.45, 2.75) is 37.8 Å². The first-order chi connectivity index (χ1) is 9.72. The van der Waals surface area contributed by atoms with Crippen LogP contribution in [0.5, 0.6) is 0 Å². The first-order valence-electron chi connectivity index (χ1n) is 7.33. The number of aromatic nitrogens is 1. The molecule has 20 heavy (non-hydrogen) atoms. The van der Waals surface area contributed by atoms with Crippen molar-refractivity contribution in [3.63, 3.8) is 0 Å². The first-order valence-corrected chi connectivity index (χ1v) is 7.33. The summed E-state index contributed by atoms with van der Waals surface area (Å²) in [5, 5.41) is 0. The van der Waals surface area contributed by atoms with Gasteiger partial charge < -0.3 is 9.47 Å². The Morgan fingerprint density at radius 2 is 2.35 bits per heavy atom. The molecule has 3 rings (SSSR count). The van der Waals surface area contributed by atoms with E-state index in [1.807, 2.05) is 19.2 Å². The third-order valence-electron chi connectivity index (χ3n) is 4.54. The van der Waals surface area contributed by atoms with E-state index in [-0.39, 0.29) is 11.6 Å². The summed E-state index contributed by atoms with van der Waals surface area (Å²) in [4.78, 5) is 4.38. The van der Waals surface area contributed by atoms with Crippen LogP contribution in [-0.2, 0) is 9.47 Å². The van der Waals surface area contributed by atoms with Gasteiger partial charge in [0.2, 0.25) is 0 Å². The molecule has 2 fully saturated rings. The summed E-state index contributed by atoms with van der Waals surface area (Å²) in [5.74, 6) is 6.27. The Morgan fingerprint density at radius 3 is 3.00 bits per heavy atom. The van der Waals surface area contributed by atoms with Crippen molar-refractivity contribution in [2.75, 3.05) is 19.8 Å². The van der Waals surface area contributed by atoms with Gasteiger partial charge in [-0.2, -0.15) is 0 Å². The van der Waals surface area contributed by atoms with Gasteiger partial charge >= 0.3 is 0 Å². The third kappa shape index (κ3) is 2.72. The van der Waals surface area contributed by atoms with Crippen LogP contribution in [0.15, 0.2) is 18.3 Å². The number of nitrogens with zero attached hydrogens (tertiary/aromatic N) is 1. The predicted octanol–water partition coefficient (Wildman–Crippen LogP) is 1.48. The van der Waals surface area contributed by atoms with E-state index in [9.17, 15) is 0 Å². The van der Waals surface area contributed by atoms with Crippen LogP contribution in [0.4, 0.5) is 0 Å². The molecule has 0 aromatic carbocycles. The molecule has 1 aromatic heterocycles. The van der Waals surface area contributed by atoms with Gasteiger partial charge in [0.1, 0.15) is 0 Å². The Labute approximate surface area is 119 Å². The van der Waals surface area contributed by atoms with Gasteiger partial charge in [-0.05, 0) is 37.3 Å². The Bertz CT molecular complexity index is 443. The van der Waals surface area contributed by atoms with Gasteiger partial charge in [0.15, 0.2) is 0 Å². The molecule has 0 saturated carbocycles. The van der Waals surface area contributed by atoms with Crippen LogP contribution < -0.4 is 11.3 Å². The summed E-state index contributed by atoms with van der Waals surface area (Å²) in [7, 11) is 0. The highest BCUT2D eigenvalue weighted by molar-refractivity contribution is 5.18. The maximum atomic E-state index is 6.00. The highest BCUT2D eigenvalue weighted by atomic mass is 16.6. The van der Waals surface area contributed by atoms with Crippen LogP contribution in [0, 0.1) is 12.8 Å². The van der Waals surface area contributed by atoms with E-state index in [0.717, 1.165) is 43.7 Å². The van der Waals surface area contributed by atoms with Gasteiger partial charge in [-0.3, -0.25) is 16.3 Å². The standard InChI is InChI=1S/C15H23N3O2/c1-11-2-3-13(9-17-11)14(18-16)12-4-6-20-15(8-12)5-7-19-10-15/h2-3,9,12,14,18H,4-8,10,16H2,1H3. The van der Waals surface area contributed by atoms with Gasteiger partial charge in [-0.25, -0.2) is 0 Å². The number of hydrogen-bond acceptors (Lipinski definition) is 5. The molecule has 5 nitrogen and oxygen atoms in total. The molecular weight excluding hydrogens is 254 g/mol. The van der Waals surface area contributed by atoms with Crippen LogP contribution >= 0.6 is 0 Å². The van der Waals surface area contributed by atoms with Crippen molar-refractivity contribution in [1.29, 1.82) is 0 Å². The number of pyridine rings is 1. The van der Waals surface area contributed by atoms with Crippen molar-refractivity contribution in [3.05, 3.63) is 29.6 Å². The van der Waals surface area contributed by atoms with E-state index in [2.05, 4.69) is 16.5 Å². The molecule has 2 aliphatic rings. The summed E-state index contributed by atoms with van der Waals surface area (Å²) < 4.78 is 11.5. The molecule has 0 radical (unpaired) electrons. The average molecular weight is 277 g/mol. The van der Waals surface area contributed by atoms with Gasteiger partial charge in [0, 0.05) is 31.5 Å². The van der Waals surface area contributed by atoms with Crippen LogP contribution in [0.3, 0.4) is 0 Å². The minimum Gasteiger partial charge on any atom is -0.378 e. The fourth-order valence-corrected chi connectivity index (χ4v) is 3.38. The fourth-order valence-electron chi connectivity index (χ4n) is 3.38. The molecule has 0 aliphatic carbocycles. The third-order valence-corrected chi connectivity index (χ3v) is 4.54. The lowest BCUT2D eigenvalue weighted by Crippen LogP contribution is -2.45. The second kappa shape index (κ2) is 5.77. The predicted molar refractivity (Wildman–Crippen MR) is 75.9 cm³/mol. The average Bonchev–Trinajstić information content (AvgIpc) is 2.90. The van der Waals surface area contributed by atoms with E-state index >= 15 is 0 Å². The van der Waals surface area contributed by atoms with Crippen molar-refractivity contribution in [2.24, 2.45) is 11.8 Å². The number of hydrazine groups is 1. The molecule has 0 amide bonds. The SMILES string of the molecule is Cc1ccc(C(NN)C2CCOC3(CCOC3)C2)cn1. The second-order valence-electron chi connectivity index (χ2n) is 5.96. The van der Waals surface area contributed by atoms with Gasteiger partial charge in [0.25, 0.3) is 0 Å². The molecule has 3 N–H and O–H groups in total. The van der Waals surface area contributed by atoms with Crippen molar-refractivity contribution in [3.8, 4) is 0 Å². The summed E-state index contributed by atoms with van der Waals surface area (Å²) >= 11 is 0. The van der Waals surface area contributed by atoms with E-state index in [1.54, 1.807) is 0 Å². The zero-order valence-electron chi connectivity index (χ0n) is 12.0. The number of hydrogen-bond donors (Lipinski definition) is 2. The molecule has 3 unspecified atom stereocenters. The number of nitrogens with one attached hydrogen (secondary N) is 1. The first kappa shape index (κ1) is 13.9. The minimum atomic E-state index is -0.0872. The Morgan fingerprint density at radius 1 is 1.45 bits per heavy atom. The lowest BCUT2D eigenvalue weighted by atomic mass is 9.79. The van der Waals surface area contributed by atoms with E-state index in [4.69, 9.17) is 15.3 Å². The summed E-state index contributed by atoms with van der Waals surface area (Å²) in [6.45, 7) is 4.30. The van der Waals surface area contributed by atoms with Crippen molar-refractivity contribution >= 4 is 0 Å². The summed E-state index contributed by atoms with van der Waals surface area (Å²) in [6.07, 6.45) is 4.93. The van der Waals surface area contributed by atoms with Crippen LogP contribution in [0.2, 0.25) is 0 Å². The molecular formula is C15H23N3O2. The number of rotatable bonds is 3. The zero-order valence-corrected chi connectivity index (χ0v) is 12.0. The molecule has 3 atom stereocenters. The van der Waals surface area contributed by atoms with Gasteiger partial charge in [0.05, 0.1) is 18.2 Å². The van der Waals surface area contributed by atoms with E-state index in [1.165, 1.54) is 0 Å². The molecule has 0 bridgehead atoms. The molecule has 2 saturated heterocycles. The van der Waals surface area contributed by atoms with Crippen molar-refractivity contribution < 1.29 is 9.47 Å². The maximum absolute atomic E-state index is 6.00. The molecule has 1 spiro atoms. The summed E-state index contributed by atoms with van der Waals surface area (Å²) in [6, 6.07) is 4.28. The molecule has 1 aromatic rings. The largest absolute Gasteiger partial charge is 0.378 e. The number of nitrogens with two attached hydrogens (primary N) is 1. The zero-order chi connectivity index (χ0) is 14.0. The molecule has 3 heterocycles. The topological polar surface area (TPSA) is 69.4 Å². The highest BCUT2D eigenvalue weighted by Gasteiger charge is 2.43. The van der Waals surface area contributed by atoms with E-state index < -0.39 is 0 Å². The van der Waals surface area contributed by atoms with Gasteiger partial charge in [-0.1, -0.05) is 6.07 Å². The minimum absolute atomic E-state index is 0.0872. The second-order valence-corrected chi connectivity index (χ2v) is 5.96. The Hall–Kier alpha value is -1.01. The quantitative estimate of drug-likeness (QED) is 0.647. The Kier molecular flexibility index (Phi) is 4.03. The lowest BCUT2D eigenvalue weighted by Gasteiger charge is -2.40. The van der Waals surface area contributed by atoms with Gasteiger partial charge in [-0.15, -0.1) is 0 Å². The lowest BCUT2D eigenvalue weighted by molar-refractivity contribution is -0.103. The van der Waals surface area contributed by atoms with Crippen LogP contribution in [0.1, 0.15) is 36.6 Å². The smallest absolute Gasteiger partial charge is 0.0940 e. The van der Waals surface area contributed by atoms with Crippen LogP contribution in [-0.4, -0.2) is 30.4 Å². The molecule has 5 heteroatoms. The summed E-state index contributed by atoms with van der Waals surface area (Å²) in [5.41, 5.74) is 5.07. The van der Waals surface area contributed by atoms with Crippen molar-refractivity contribution in [1.82, 2.24) is 10.4 Å². The van der Waals surface area contributed by atoms with Crippen LogP contribution in [0.25, 0.3) is 0 Å². The normalized spacial score (nSPS) is 31.6. The molecule has 2 aliphatic heterocycles. The number of ether oxygens (including phenoxy) is 2. The monoisotopic (exact) mass is 277 g/mol. The fraction of sp³-hybridized carbons (Fsp3) is 0.667. The van der Waals surface area contributed by atoms with E-state index in [0.29, 0.717) is 12.5 Å². The highest BCUT2D eigenvalue weighted by Crippen LogP contribution is 2.40. The molecule has 110 valence electrons.